The van der Waals surface area contributed by atoms with Crippen molar-refractivity contribution in [1.29, 1.82) is 0 Å². The molecule has 0 amide bonds. The summed E-state index contributed by atoms with van der Waals surface area (Å²) in [6.07, 6.45) is 0.104. The Labute approximate surface area is 78.3 Å². The fourth-order valence-electron chi connectivity index (χ4n) is 0.121. The molecule has 10 heavy (non-hydrogen) atoms. The monoisotopic (exact) mass is 158 g/mol. The molecule has 0 aromatic heterocycles. The number of nitrogens with zero attached hydrogens (tertiary/aromatic N) is 1. The molecule has 0 saturated carbocycles. The van der Waals surface area contributed by atoms with E-state index in [1.165, 1.54) is 0 Å². The van der Waals surface area contributed by atoms with E-state index in [0.717, 1.165) is 0 Å². The van der Waals surface area contributed by atoms with E-state index in [1.807, 2.05) is 0 Å². The zero-order valence-electron chi connectivity index (χ0n) is 5.27. The molecule has 0 saturated heterocycles. The molecule has 0 rings (SSSR count). The molecule has 0 aliphatic carbocycles. The average molecular weight is 158 g/mol. The second-order valence-electron chi connectivity index (χ2n) is 0.929. The fourth-order valence-corrected chi connectivity index (χ4v) is 0.121. The van der Waals surface area contributed by atoms with E-state index in [-0.39, 0.29) is 47.6 Å². The first-order valence-electron chi connectivity index (χ1n) is 1.66. The van der Waals surface area contributed by atoms with Crippen LogP contribution in [0.15, 0.2) is 12.0 Å². The van der Waals surface area contributed by atoms with Crippen molar-refractivity contribution in [3.8, 4) is 0 Å². The van der Waals surface area contributed by atoms with Crippen molar-refractivity contribution in [3.05, 3.63) is 22.1 Å². The van der Waals surface area contributed by atoms with Gasteiger partial charge in [-0.1, -0.05) is 0 Å². The van der Waals surface area contributed by atoms with Crippen molar-refractivity contribution in [2.24, 2.45) is 0 Å². The third-order valence-corrected chi connectivity index (χ3v) is 0.464. The van der Waals surface area contributed by atoms with Gasteiger partial charge in [0.2, 0.25) is 6.29 Å². The van der Waals surface area contributed by atoms with Crippen LogP contribution < -0.4 is 0 Å². The van der Waals surface area contributed by atoms with Gasteiger partial charge in [0.1, 0.15) is 0 Å². The van der Waals surface area contributed by atoms with Crippen LogP contribution in [0.4, 0.5) is 0 Å². The Morgan fingerprint density at radius 3 is 2.00 bits per heavy atom. The van der Waals surface area contributed by atoms with Gasteiger partial charge in [-0.15, -0.1) is 0 Å². The van der Waals surface area contributed by atoms with Gasteiger partial charge >= 0.3 is 5.70 Å². The summed E-state index contributed by atoms with van der Waals surface area (Å²) < 4.78 is 0. The Bertz CT molecular complexity index is 144. The molecule has 0 fully saturated rings. The van der Waals surface area contributed by atoms with Gasteiger partial charge in [0, 0.05) is 29.6 Å². The maximum atomic E-state index is 9.51. The molecular formula is C3H5NNaO5. The molecule has 7 heteroatoms. The Balaban J connectivity index is -0.000000245. The molecule has 0 atom stereocenters. The van der Waals surface area contributed by atoms with Crippen LogP contribution in [0, 0.1) is 10.1 Å². The largest absolute Gasteiger partial charge is 0.509 e. The Morgan fingerprint density at radius 1 is 1.60 bits per heavy atom. The van der Waals surface area contributed by atoms with E-state index < -0.39 is 10.6 Å². The number of carbonyl (C=O) groups is 1. The number of carbonyl (C=O) groups excluding carboxylic acids is 1. The maximum Gasteiger partial charge on any atom is 0.342 e. The number of allylic oxidation sites excluding steroid dienone is 1. The first-order valence-corrected chi connectivity index (χ1v) is 1.66. The second kappa shape index (κ2) is 8.57. The van der Waals surface area contributed by atoms with Crippen LogP contribution >= 0.6 is 0 Å². The summed E-state index contributed by atoms with van der Waals surface area (Å²) in [5, 5.41) is 17.4. The summed E-state index contributed by atoms with van der Waals surface area (Å²) in [6, 6.07) is 0. The molecule has 6 nitrogen and oxygen atoms in total. The van der Waals surface area contributed by atoms with Gasteiger partial charge in [-0.2, -0.15) is 0 Å². The molecular weight excluding hydrogens is 153 g/mol. The van der Waals surface area contributed by atoms with Crippen LogP contribution in [-0.2, 0) is 4.79 Å². The summed E-state index contributed by atoms with van der Waals surface area (Å²) in [5.41, 5.74) is -0.843. The predicted octanol–water partition coefficient (Wildman–Crippen LogP) is -1.34. The Kier molecular flexibility index (Phi) is 14.0. The maximum absolute atomic E-state index is 9.51. The van der Waals surface area contributed by atoms with E-state index in [2.05, 4.69) is 0 Å². The Morgan fingerprint density at radius 2 is 2.00 bits per heavy atom. The third-order valence-electron chi connectivity index (χ3n) is 0.464. The number of hydrogen-bond donors (Lipinski definition) is 1. The van der Waals surface area contributed by atoms with Crippen LogP contribution in [0.3, 0.4) is 0 Å². The molecule has 0 aromatic rings. The van der Waals surface area contributed by atoms with Crippen LogP contribution in [0.5, 0.6) is 0 Å². The van der Waals surface area contributed by atoms with Gasteiger partial charge < -0.3 is 10.6 Å². The van der Waals surface area contributed by atoms with Gasteiger partial charge in [0.05, 0.1) is 4.92 Å². The summed E-state index contributed by atoms with van der Waals surface area (Å²) in [6.45, 7) is 0. The normalized spacial score (nSPS) is 8.60. The molecule has 0 aromatic carbocycles. The molecule has 1 radical (unpaired) electrons. The molecule has 0 unspecified atom stereocenters. The van der Waals surface area contributed by atoms with E-state index in [9.17, 15) is 14.9 Å². The SMILES string of the molecule is O.O=C/C(=C/O)[N+](=O)[O-].[Na]. The minimum atomic E-state index is -0.979. The van der Waals surface area contributed by atoms with Gasteiger partial charge in [-0.3, -0.25) is 14.9 Å². The van der Waals surface area contributed by atoms with Crippen LogP contribution in [0.1, 0.15) is 0 Å². The quantitative estimate of drug-likeness (QED) is 0.134. The molecule has 53 valence electrons. The zero-order valence-corrected chi connectivity index (χ0v) is 7.27. The van der Waals surface area contributed by atoms with Crippen LogP contribution in [0.25, 0.3) is 0 Å². The number of aldehydes is 1. The van der Waals surface area contributed by atoms with E-state index in [1.54, 1.807) is 0 Å². The zero-order chi connectivity index (χ0) is 6.57. The van der Waals surface area contributed by atoms with Crippen molar-refractivity contribution < 1.29 is 20.3 Å². The van der Waals surface area contributed by atoms with E-state index in [4.69, 9.17) is 5.11 Å². The summed E-state index contributed by atoms with van der Waals surface area (Å²) in [4.78, 5) is 18.0. The number of aliphatic hydroxyl groups excluding tert-OH is 1. The van der Waals surface area contributed by atoms with Crippen molar-refractivity contribution in [2.45, 2.75) is 0 Å². The minimum Gasteiger partial charge on any atom is -0.509 e. The predicted molar refractivity (Wildman–Crippen MR) is 33.1 cm³/mol. The number of hydrogen-bond acceptors (Lipinski definition) is 4. The second-order valence-corrected chi connectivity index (χ2v) is 0.929. The summed E-state index contributed by atoms with van der Waals surface area (Å²) in [5.74, 6) is 0. The molecule has 0 aliphatic heterocycles. The van der Waals surface area contributed by atoms with Gasteiger partial charge in [0.25, 0.3) is 0 Å². The molecule has 0 heterocycles. The number of nitro groups is 1. The van der Waals surface area contributed by atoms with Gasteiger partial charge in [-0.25, -0.2) is 0 Å². The van der Waals surface area contributed by atoms with Crippen LogP contribution in [0.2, 0.25) is 0 Å². The molecule has 3 N–H and O–H groups in total. The smallest absolute Gasteiger partial charge is 0.342 e. The minimum absolute atomic E-state index is 0. The average Bonchev–Trinajstić information content (AvgIpc) is 1.69. The van der Waals surface area contributed by atoms with E-state index in [0.29, 0.717) is 0 Å². The number of aliphatic hydroxyl groups is 1. The molecule has 0 bridgehead atoms. The van der Waals surface area contributed by atoms with Crippen LogP contribution in [-0.4, -0.2) is 51.3 Å². The number of rotatable bonds is 2. The topological polar surface area (TPSA) is 112 Å². The van der Waals surface area contributed by atoms with Crippen molar-refractivity contribution in [2.75, 3.05) is 0 Å². The fraction of sp³-hybridized carbons (Fsp3) is 0. The first-order chi connectivity index (χ1) is 3.72. The van der Waals surface area contributed by atoms with Crippen molar-refractivity contribution in [1.82, 2.24) is 0 Å². The molecule has 0 spiro atoms. The summed E-state index contributed by atoms with van der Waals surface area (Å²) in [7, 11) is 0. The Hall–Kier alpha value is -0.430. The van der Waals surface area contributed by atoms with Crippen molar-refractivity contribution >= 4 is 35.8 Å². The first kappa shape index (κ1) is 16.3. The van der Waals surface area contributed by atoms with E-state index >= 15 is 0 Å². The van der Waals surface area contributed by atoms with Gasteiger partial charge in [-0.05, 0) is 0 Å². The molecule has 0 aliphatic rings. The van der Waals surface area contributed by atoms with Crippen molar-refractivity contribution in [3.63, 3.8) is 0 Å². The van der Waals surface area contributed by atoms with Gasteiger partial charge in [0.15, 0.2) is 6.26 Å². The third kappa shape index (κ3) is 5.70. The standard InChI is InChI=1S/C3H3NO4.Na.H2O/c5-1-3(2-6)4(7)8;;/h1-2,5H;;1H2/b3-1-;;. The summed E-state index contributed by atoms with van der Waals surface area (Å²) >= 11 is 0.